The Morgan fingerprint density at radius 2 is 1.96 bits per heavy atom. The summed E-state index contributed by atoms with van der Waals surface area (Å²) in [4.78, 5) is 19.6. The van der Waals surface area contributed by atoms with Crippen LogP contribution in [0.5, 0.6) is 0 Å². The van der Waals surface area contributed by atoms with Gasteiger partial charge in [-0.2, -0.15) is 0 Å². The minimum absolute atomic E-state index is 0.0584. The number of hydrogen-bond donors (Lipinski definition) is 3. The molecule has 2 saturated heterocycles. The van der Waals surface area contributed by atoms with Crippen LogP contribution in [0.15, 0.2) is 18.3 Å². The molecule has 26 heavy (non-hydrogen) atoms. The number of nitrogens with zero attached hydrogens (tertiary/aromatic N) is 2. The lowest BCUT2D eigenvalue weighted by Gasteiger charge is -2.27. The summed E-state index contributed by atoms with van der Waals surface area (Å²) in [7, 11) is 0. The first kappa shape index (κ1) is 19.1. The van der Waals surface area contributed by atoms with Crippen LogP contribution in [0, 0.1) is 5.92 Å². The van der Waals surface area contributed by atoms with E-state index in [1.807, 2.05) is 12.3 Å². The SMILES string of the molecule is CC(C)C1CC(C(=O)NCc2cccnc2N2CCCCCCC2)NN1. The zero-order chi connectivity index (χ0) is 18.4. The fraction of sp³-hybridized carbons (Fsp3) is 0.700. The maximum absolute atomic E-state index is 12.5. The van der Waals surface area contributed by atoms with E-state index in [1.165, 1.54) is 32.1 Å². The summed E-state index contributed by atoms with van der Waals surface area (Å²) in [5.74, 6) is 1.60. The Balaban J connectivity index is 1.59. The van der Waals surface area contributed by atoms with Gasteiger partial charge < -0.3 is 10.2 Å². The Labute approximate surface area is 157 Å². The van der Waals surface area contributed by atoms with Crippen molar-refractivity contribution in [2.45, 2.75) is 71.0 Å². The van der Waals surface area contributed by atoms with Gasteiger partial charge in [-0.05, 0) is 31.2 Å². The number of rotatable bonds is 5. The van der Waals surface area contributed by atoms with Crippen LogP contribution < -0.4 is 21.1 Å². The van der Waals surface area contributed by atoms with Crippen molar-refractivity contribution in [3.8, 4) is 0 Å². The minimum atomic E-state index is -0.163. The number of nitrogens with one attached hydrogen (secondary N) is 3. The monoisotopic (exact) mass is 359 g/mol. The molecule has 2 atom stereocenters. The zero-order valence-corrected chi connectivity index (χ0v) is 16.1. The van der Waals surface area contributed by atoms with Gasteiger partial charge in [0.1, 0.15) is 11.9 Å². The van der Waals surface area contributed by atoms with Gasteiger partial charge in [0, 0.05) is 37.4 Å². The topological polar surface area (TPSA) is 69.3 Å². The molecule has 6 heteroatoms. The van der Waals surface area contributed by atoms with Gasteiger partial charge in [0.05, 0.1) is 0 Å². The Morgan fingerprint density at radius 3 is 2.65 bits per heavy atom. The molecule has 2 fully saturated rings. The second-order valence-electron chi connectivity index (χ2n) is 7.89. The third kappa shape index (κ3) is 4.95. The molecule has 3 N–H and O–H groups in total. The highest BCUT2D eigenvalue weighted by molar-refractivity contribution is 5.82. The van der Waals surface area contributed by atoms with Gasteiger partial charge in [0.2, 0.25) is 5.91 Å². The molecular formula is C20H33N5O. The summed E-state index contributed by atoms with van der Waals surface area (Å²) in [6, 6.07) is 4.22. The third-order valence-corrected chi connectivity index (χ3v) is 5.53. The van der Waals surface area contributed by atoms with E-state index < -0.39 is 0 Å². The van der Waals surface area contributed by atoms with Gasteiger partial charge in [0.25, 0.3) is 0 Å². The second-order valence-corrected chi connectivity index (χ2v) is 7.89. The highest BCUT2D eigenvalue weighted by atomic mass is 16.2. The normalized spacial score (nSPS) is 24.3. The molecule has 1 aromatic rings. The highest BCUT2D eigenvalue weighted by Crippen LogP contribution is 2.21. The quantitative estimate of drug-likeness (QED) is 0.753. The Bertz CT molecular complexity index is 583. The largest absolute Gasteiger partial charge is 0.356 e. The van der Waals surface area contributed by atoms with E-state index in [2.05, 4.69) is 46.0 Å². The molecule has 0 bridgehead atoms. The van der Waals surface area contributed by atoms with Gasteiger partial charge in [-0.15, -0.1) is 0 Å². The molecule has 1 amide bonds. The fourth-order valence-corrected chi connectivity index (χ4v) is 3.81. The summed E-state index contributed by atoms with van der Waals surface area (Å²) < 4.78 is 0. The lowest BCUT2D eigenvalue weighted by atomic mass is 9.99. The van der Waals surface area contributed by atoms with E-state index in [0.29, 0.717) is 18.5 Å². The van der Waals surface area contributed by atoms with Crippen LogP contribution in [0.1, 0.15) is 57.9 Å². The smallest absolute Gasteiger partial charge is 0.238 e. The van der Waals surface area contributed by atoms with Crippen LogP contribution in [0.3, 0.4) is 0 Å². The van der Waals surface area contributed by atoms with Crippen LogP contribution in [-0.4, -0.2) is 36.1 Å². The summed E-state index contributed by atoms with van der Waals surface area (Å²) >= 11 is 0. The van der Waals surface area contributed by atoms with Crippen molar-refractivity contribution in [1.29, 1.82) is 0 Å². The molecule has 144 valence electrons. The molecule has 2 aliphatic heterocycles. The molecule has 3 rings (SSSR count). The van der Waals surface area contributed by atoms with Crippen molar-refractivity contribution >= 4 is 11.7 Å². The molecule has 0 saturated carbocycles. The number of aromatic nitrogens is 1. The summed E-state index contributed by atoms with van der Waals surface area (Å²) in [6.45, 7) is 6.99. The van der Waals surface area contributed by atoms with Crippen LogP contribution in [0.2, 0.25) is 0 Å². The molecule has 1 aromatic heterocycles. The maximum Gasteiger partial charge on any atom is 0.238 e. The van der Waals surface area contributed by atoms with Crippen molar-refractivity contribution in [3.05, 3.63) is 23.9 Å². The highest BCUT2D eigenvalue weighted by Gasteiger charge is 2.30. The number of carbonyl (C=O) groups is 1. The van der Waals surface area contributed by atoms with E-state index in [0.717, 1.165) is 30.9 Å². The summed E-state index contributed by atoms with van der Waals surface area (Å²) in [5, 5.41) is 3.10. The number of hydrogen-bond acceptors (Lipinski definition) is 5. The van der Waals surface area contributed by atoms with Crippen molar-refractivity contribution < 1.29 is 4.79 Å². The Hall–Kier alpha value is -1.66. The molecule has 0 radical (unpaired) electrons. The molecule has 2 aliphatic rings. The van der Waals surface area contributed by atoms with Gasteiger partial charge in [-0.1, -0.05) is 39.2 Å². The number of hydrazine groups is 1. The maximum atomic E-state index is 12.5. The van der Waals surface area contributed by atoms with Crippen molar-refractivity contribution in [1.82, 2.24) is 21.2 Å². The molecule has 3 heterocycles. The van der Waals surface area contributed by atoms with Gasteiger partial charge in [-0.25, -0.2) is 10.4 Å². The van der Waals surface area contributed by atoms with E-state index in [4.69, 9.17) is 0 Å². The lowest BCUT2D eigenvalue weighted by molar-refractivity contribution is -0.123. The minimum Gasteiger partial charge on any atom is -0.356 e. The molecule has 6 nitrogen and oxygen atoms in total. The van der Waals surface area contributed by atoms with Crippen LogP contribution in [0.4, 0.5) is 5.82 Å². The van der Waals surface area contributed by atoms with E-state index in [9.17, 15) is 4.79 Å². The zero-order valence-electron chi connectivity index (χ0n) is 16.1. The van der Waals surface area contributed by atoms with E-state index >= 15 is 0 Å². The lowest BCUT2D eigenvalue weighted by Crippen LogP contribution is -2.43. The molecule has 0 aliphatic carbocycles. The molecule has 2 unspecified atom stereocenters. The number of pyridine rings is 1. The Morgan fingerprint density at radius 1 is 1.23 bits per heavy atom. The first-order valence-electron chi connectivity index (χ1n) is 10.1. The standard InChI is InChI=1S/C20H33N5O/c1-15(2)17-13-18(24-23-17)20(26)22-14-16-9-8-10-21-19(16)25-11-6-4-3-5-7-12-25/h8-10,15,17-18,23-24H,3-7,11-14H2,1-2H3,(H,22,26). The average molecular weight is 360 g/mol. The van der Waals surface area contributed by atoms with Crippen molar-refractivity contribution in [3.63, 3.8) is 0 Å². The summed E-state index contributed by atoms with van der Waals surface area (Å²) in [5.41, 5.74) is 7.46. The van der Waals surface area contributed by atoms with E-state index in [1.54, 1.807) is 0 Å². The van der Waals surface area contributed by atoms with Gasteiger partial charge >= 0.3 is 0 Å². The van der Waals surface area contributed by atoms with Crippen molar-refractivity contribution in [2.75, 3.05) is 18.0 Å². The predicted octanol–water partition coefficient (Wildman–Crippen LogP) is 2.36. The number of anilines is 1. The summed E-state index contributed by atoms with van der Waals surface area (Å²) in [6.07, 6.45) is 9.07. The van der Waals surface area contributed by atoms with Gasteiger partial charge in [-0.3, -0.25) is 10.2 Å². The van der Waals surface area contributed by atoms with Gasteiger partial charge in [0.15, 0.2) is 0 Å². The predicted molar refractivity (Wildman–Crippen MR) is 105 cm³/mol. The average Bonchev–Trinajstić information content (AvgIpc) is 3.10. The number of carbonyl (C=O) groups excluding carboxylic acids is 1. The molecule has 0 spiro atoms. The first-order valence-corrected chi connectivity index (χ1v) is 10.1. The van der Waals surface area contributed by atoms with Crippen molar-refractivity contribution in [2.24, 2.45) is 5.92 Å². The van der Waals surface area contributed by atoms with Crippen LogP contribution in [0.25, 0.3) is 0 Å². The fourth-order valence-electron chi connectivity index (χ4n) is 3.81. The second kappa shape index (κ2) is 9.33. The number of amides is 1. The first-order chi connectivity index (χ1) is 12.6. The Kier molecular flexibility index (Phi) is 6.86. The van der Waals surface area contributed by atoms with Crippen LogP contribution >= 0.6 is 0 Å². The van der Waals surface area contributed by atoms with Crippen LogP contribution in [-0.2, 0) is 11.3 Å². The van der Waals surface area contributed by atoms with E-state index in [-0.39, 0.29) is 11.9 Å². The third-order valence-electron chi connectivity index (χ3n) is 5.53. The molecule has 0 aromatic carbocycles. The molecular weight excluding hydrogens is 326 g/mol.